The number of halogens is 1. The smallest absolute Gasteiger partial charge is 0.242 e. The average molecular weight is 415 g/mol. The Balaban J connectivity index is 2.25. The molecule has 0 heterocycles. The number of hydrogen-bond acceptors (Lipinski definition) is 3. The van der Waals surface area contributed by atoms with Crippen LogP contribution in [0.4, 0.5) is 4.39 Å². The number of carbonyl (C=O) groups is 2. The first kappa shape index (κ1) is 23.4. The quantitative estimate of drug-likeness (QED) is 0.640. The molecule has 0 saturated heterocycles. The highest BCUT2D eigenvalue weighted by atomic mass is 19.1. The Kier molecular flexibility index (Phi) is 8.84. The lowest BCUT2D eigenvalue weighted by molar-refractivity contribution is -0.141. The van der Waals surface area contributed by atoms with Gasteiger partial charge in [0, 0.05) is 13.1 Å². The molecule has 0 aliphatic heterocycles. The minimum atomic E-state index is -0.584. The van der Waals surface area contributed by atoms with Crippen LogP contribution in [0.5, 0.6) is 5.75 Å². The SMILES string of the molecule is CC[C@H](C(=O)NCC(C)C)N(Cc1ccc(OC)cc1)C(=O)Cc1ccc(F)cc1. The number of nitrogens with one attached hydrogen (secondary N) is 1. The van der Waals surface area contributed by atoms with E-state index in [9.17, 15) is 14.0 Å². The fourth-order valence-electron chi connectivity index (χ4n) is 3.15. The number of rotatable bonds is 10. The van der Waals surface area contributed by atoms with Gasteiger partial charge in [-0.15, -0.1) is 0 Å². The topological polar surface area (TPSA) is 58.6 Å². The van der Waals surface area contributed by atoms with Crippen molar-refractivity contribution in [3.05, 3.63) is 65.5 Å². The maximum Gasteiger partial charge on any atom is 0.242 e. The summed E-state index contributed by atoms with van der Waals surface area (Å²) in [7, 11) is 1.60. The Labute approximate surface area is 178 Å². The van der Waals surface area contributed by atoms with E-state index in [1.165, 1.54) is 12.1 Å². The lowest BCUT2D eigenvalue weighted by atomic mass is 10.1. The van der Waals surface area contributed by atoms with Crippen LogP contribution in [0, 0.1) is 11.7 Å². The van der Waals surface area contributed by atoms with E-state index in [2.05, 4.69) is 5.32 Å². The minimum Gasteiger partial charge on any atom is -0.497 e. The van der Waals surface area contributed by atoms with E-state index in [-0.39, 0.29) is 24.1 Å². The number of ether oxygens (including phenoxy) is 1. The van der Waals surface area contributed by atoms with E-state index in [4.69, 9.17) is 4.74 Å². The predicted octanol–water partition coefficient (Wildman–Crippen LogP) is 3.96. The zero-order valence-electron chi connectivity index (χ0n) is 18.2. The molecule has 2 rings (SSSR count). The van der Waals surface area contributed by atoms with Crippen molar-refractivity contribution < 1.29 is 18.7 Å². The van der Waals surface area contributed by atoms with Gasteiger partial charge in [-0.1, -0.05) is 45.0 Å². The third kappa shape index (κ3) is 6.87. The molecule has 30 heavy (non-hydrogen) atoms. The van der Waals surface area contributed by atoms with Crippen LogP contribution in [0.2, 0.25) is 0 Å². The van der Waals surface area contributed by atoms with Gasteiger partial charge in [0.05, 0.1) is 13.5 Å². The molecule has 2 aromatic rings. The fraction of sp³-hybridized carbons (Fsp3) is 0.417. The van der Waals surface area contributed by atoms with Crippen LogP contribution in [0.25, 0.3) is 0 Å². The molecule has 0 unspecified atom stereocenters. The highest BCUT2D eigenvalue weighted by Crippen LogP contribution is 2.17. The average Bonchev–Trinajstić information content (AvgIpc) is 2.74. The van der Waals surface area contributed by atoms with Gasteiger partial charge in [-0.25, -0.2) is 4.39 Å². The third-order valence-corrected chi connectivity index (χ3v) is 4.85. The summed E-state index contributed by atoms with van der Waals surface area (Å²) in [5.41, 5.74) is 1.61. The summed E-state index contributed by atoms with van der Waals surface area (Å²) in [4.78, 5) is 27.6. The maximum absolute atomic E-state index is 13.2. The molecular formula is C24H31FN2O3. The molecule has 0 aliphatic carbocycles. The normalized spacial score (nSPS) is 11.8. The summed E-state index contributed by atoms with van der Waals surface area (Å²) < 4.78 is 18.4. The molecule has 6 heteroatoms. The molecule has 0 fully saturated rings. The van der Waals surface area contributed by atoms with Crippen LogP contribution in [0.3, 0.4) is 0 Å². The molecule has 1 N–H and O–H groups in total. The Morgan fingerprint density at radius 3 is 2.17 bits per heavy atom. The van der Waals surface area contributed by atoms with E-state index < -0.39 is 6.04 Å². The van der Waals surface area contributed by atoms with Crippen molar-refractivity contribution >= 4 is 11.8 Å². The van der Waals surface area contributed by atoms with Gasteiger partial charge in [-0.05, 0) is 47.7 Å². The summed E-state index contributed by atoms with van der Waals surface area (Å²) in [6.07, 6.45) is 0.597. The van der Waals surface area contributed by atoms with Gasteiger partial charge in [0.2, 0.25) is 11.8 Å². The van der Waals surface area contributed by atoms with Crippen molar-refractivity contribution in [1.82, 2.24) is 10.2 Å². The van der Waals surface area contributed by atoms with Gasteiger partial charge in [-0.2, -0.15) is 0 Å². The van der Waals surface area contributed by atoms with Crippen LogP contribution in [-0.4, -0.2) is 36.4 Å². The molecule has 0 radical (unpaired) electrons. The molecule has 0 aliphatic rings. The van der Waals surface area contributed by atoms with Crippen molar-refractivity contribution in [2.45, 2.75) is 46.2 Å². The number of amides is 2. The molecule has 5 nitrogen and oxygen atoms in total. The Morgan fingerprint density at radius 1 is 1.03 bits per heavy atom. The highest BCUT2D eigenvalue weighted by Gasteiger charge is 2.28. The summed E-state index contributed by atoms with van der Waals surface area (Å²) >= 11 is 0. The van der Waals surface area contributed by atoms with Gasteiger partial charge in [0.15, 0.2) is 0 Å². The fourth-order valence-corrected chi connectivity index (χ4v) is 3.15. The molecule has 0 saturated carbocycles. The van der Waals surface area contributed by atoms with Gasteiger partial charge in [0.1, 0.15) is 17.6 Å². The van der Waals surface area contributed by atoms with Crippen LogP contribution < -0.4 is 10.1 Å². The van der Waals surface area contributed by atoms with Crippen LogP contribution in [0.15, 0.2) is 48.5 Å². The van der Waals surface area contributed by atoms with Crippen molar-refractivity contribution in [3.8, 4) is 5.75 Å². The van der Waals surface area contributed by atoms with Crippen molar-refractivity contribution in [3.63, 3.8) is 0 Å². The van der Waals surface area contributed by atoms with E-state index in [0.717, 1.165) is 11.3 Å². The summed E-state index contributed by atoms with van der Waals surface area (Å²) in [6, 6.07) is 12.7. The molecular weight excluding hydrogens is 383 g/mol. The molecule has 2 aromatic carbocycles. The number of carbonyl (C=O) groups excluding carboxylic acids is 2. The van der Waals surface area contributed by atoms with E-state index in [1.54, 1.807) is 24.1 Å². The van der Waals surface area contributed by atoms with Gasteiger partial charge in [0.25, 0.3) is 0 Å². The van der Waals surface area contributed by atoms with Crippen LogP contribution in [0.1, 0.15) is 38.3 Å². The second-order valence-corrected chi connectivity index (χ2v) is 7.74. The summed E-state index contributed by atoms with van der Waals surface area (Å²) in [5, 5.41) is 2.94. The van der Waals surface area contributed by atoms with Crippen LogP contribution in [-0.2, 0) is 22.6 Å². The first-order valence-electron chi connectivity index (χ1n) is 10.3. The van der Waals surface area contributed by atoms with Crippen molar-refractivity contribution in [2.24, 2.45) is 5.92 Å². The van der Waals surface area contributed by atoms with Crippen molar-refractivity contribution in [2.75, 3.05) is 13.7 Å². The zero-order chi connectivity index (χ0) is 22.1. The van der Waals surface area contributed by atoms with Gasteiger partial charge in [-0.3, -0.25) is 9.59 Å². The Bertz CT molecular complexity index is 819. The monoisotopic (exact) mass is 414 g/mol. The standard InChI is InChI=1S/C24H31FN2O3/c1-5-22(24(29)26-15-17(2)3)27(16-19-8-12-21(30-4)13-9-19)23(28)14-18-6-10-20(25)11-7-18/h6-13,17,22H,5,14-16H2,1-4H3,(H,26,29)/t22-/m1/s1. The largest absolute Gasteiger partial charge is 0.497 e. The summed E-state index contributed by atoms with van der Waals surface area (Å²) in [5.74, 6) is 0.359. The molecule has 162 valence electrons. The van der Waals surface area contributed by atoms with Crippen molar-refractivity contribution in [1.29, 1.82) is 0 Å². The van der Waals surface area contributed by atoms with E-state index in [1.807, 2.05) is 45.0 Å². The summed E-state index contributed by atoms with van der Waals surface area (Å²) in [6.45, 7) is 6.80. The van der Waals surface area contributed by atoms with E-state index in [0.29, 0.717) is 31.0 Å². The number of hydrogen-bond donors (Lipinski definition) is 1. The third-order valence-electron chi connectivity index (χ3n) is 4.85. The zero-order valence-corrected chi connectivity index (χ0v) is 18.2. The highest BCUT2D eigenvalue weighted by molar-refractivity contribution is 5.88. The number of nitrogens with zero attached hydrogens (tertiary/aromatic N) is 1. The molecule has 1 atom stereocenters. The van der Waals surface area contributed by atoms with Crippen LogP contribution >= 0.6 is 0 Å². The Morgan fingerprint density at radius 2 is 1.63 bits per heavy atom. The minimum absolute atomic E-state index is 0.102. The second kappa shape index (κ2) is 11.3. The molecule has 0 aromatic heterocycles. The maximum atomic E-state index is 13.2. The van der Waals surface area contributed by atoms with E-state index >= 15 is 0 Å². The predicted molar refractivity (Wildman–Crippen MR) is 116 cm³/mol. The lowest BCUT2D eigenvalue weighted by Gasteiger charge is -2.31. The molecule has 2 amide bonds. The lowest BCUT2D eigenvalue weighted by Crippen LogP contribution is -2.50. The molecule has 0 spiro atoms. The number of benzene rings is 2. The first-order chi connectivity index (χ1) is 14.3. The Hall–Kier alpha value is -2.89. The van der Waals surface area contributed by atoms with Gasteiger partial charge < -0.3 is 15.0 Å². The number of methoxy groups -OCH3 is 1. The first-order valence-corrected chi connectivity index (χ1v) is 10.3. The van der Waals surface area contributed by atoms with Gasteiger partial charge >= 0.3 is 0 Å². The second-order valence-electron chi connectivity index (χ2n) is 7.74. The molecule has 0 bridgehead atoms.